The van der Waals surface area contributed by atoms with Crippen molar-refractivity contribution in [1.82, 2.24) is 0 Å². The number of cyclic esters (lactones) is 1. The zero-order valence-corrected chi connectivity index (χ0v) is 12.2. The number of fused-ring (bicyclic) bond motifs is 2. The topological polar surface area (TPSA) is 55.8 Å². The largest absolute Gasteiger partial charge is 0.465 e. The molecule has 0 radical (unpaired) electrons. The molecule has 3 aliphatic carbocycles. The average Bonchev–Trinajstić information content (AvgIpc) is 2.74. The van der Waals surface area contributed by atoms with E-state index in [-0.39, 0.29) is 34.7 Å². The van der Waals surface area contributed by atoms with Crippen LogP contribution in [0.4, 0.5) is 0 Å². The van der Waals surface area contributed by atoms with Gasteiger partial charge in [-0.05, 0) is 18.8 Å². The highest BCUT2D eigenvalue weighted by Gasteiger charge is 2.72. The number of aliphatic hydroxyl groups excluding tert-OH is 1. The Morgan fingerprint density at radius 2 is 2.11 bits per heavy atom. The van der Waals surface area contributed by atoms with E-state index in [0.29, 0.717) is 12.5 Å². The first kappa shape index (κ1) is 13.4. The normalized spacial score (nSPS) is 52.4. The van der Waals surface area contributed by atoms with Gasteiger partial charge in [-0.25, -0.2) is 0 Å². The molecule has 0 amide bonds. The maximum absolute atomic E-state index is 12.2. The van der Waals surface area contributed by atoms with Gasteiger partial charge in [0.2, 0.25) is 0 Å². The van der Waals surface area contributed by atoms with Crippen molar-refractivity contribution in [2.24, 2.45) is 28.6 Å². The van der Waals surface area contributed by atoms with Gasteiger partial charge in [0.1, 0.15) is 0 Å². The van der Waals surface area contributed by atoms with Gasteiger partial charge in [0.05, 0.1) is 24.7 Å². The summed E-state index contributed by atoms with van der Waals surface area (Å²) < 4.78 is 11.0. The van der Waals surface area contributed by atoms with E-state index in [9.17, 15) is 9.90 Å². The van der Waals surface area contributed by atoms with Crippen LogP contribution in [0.25, 0.3) is 0 Å². The van der Waals surface area contributed by atoms with E-state index >= 15 is 0 Å². The molecule has 4 rings (SSSR count). The zero-order valence-electron chi connectivity index (χ0n) is 12.2. The molecule has 4 nitrogen and oxygen atoms in total. The molecule has 1 N–H and O–H groups in total. The van der Waals surface area contributed by atoms with Crippen LogP contribution in [0.15, 0.2) is 0 Å². The highest BCUT2D eigenvalue weighted by molar-refractivity contribution is 5.77. The van der Waals surface area contributed by atoms with Crippen molar-refractivity contribution in [2.45, 2.75) is 45.8 Å². The maximum atomic E-state index is 12.2. The van der Waals surface area contributed by atoms with Crippen molar-refractivity contribution < 1.29 is 19.4 Å². The lowest BCUT2D eigenvalue weighted by Crippen LogP contribution is -2.70. The summed E-state index contributed by atoms with van der Waals surface area (Å²) in [5.41, 5.74) is -0.529. The van der Waals surface area contributed by atoms with Gasteiger partial charge in [-0.1, -0.05) is 20.8 Å². The van der Waals surface area contributed by atoms with Crippen molar-refractivity contribution in [3.63, 3.8) is 0 Å². The van der Waals surface area contributed by atoms with E-state index in [1.165, 1.54) is 0 Å². The van der Waals surface area contributed by atoms with Gasteiger partial charge in [0, 0.05) is 23.9 Å². The Labute approximate surface area is 114 Å². The Morgan fingerprint density at radius 3 is 2.68 bits per heavy atom. The molecule has 6 unspecified atom stereocenters. The van der Waals surface area contributed by atoms with E-state index in [2.05, 4.69) is 20.8 Å². The molecule has 4 fully saturated rings. The molecule has 3 saturated carbocycles. The molecule has 0 spiro atoms. The first-order chi connectivity index (χ1) is 8.89. The minimum atomic E-state index is -0.507. The van der Waals surface area contributed by atoms with Gasteiger partial charge >= 0.3 is 5.97 Å². The molecule has 19 heavy (non-hydrogen) atoms. The van der Waals surface area contributed by atoms with Crippen LogP contribution >= 0.6 is 0 Å². The van der Waals surface area contributed by atoms with Crippen molar-refractivity contribution in [3.05, 3.63) is 0 Å². The Balaban J connectivity index is 2.14. The number of rotatable bonds is 2. The monoisotopic (exact) mass is 268 g/mol. The van der Waals surface area contributed by atoms with Crippen LogP contribution in [0.5, 0.6) is 0 Å². The fraction of sp³-hybridized carbons (Fsp3) is 0.933. The molecule has 2 bridgehead atoms. The van der Waals surface area contributed by atoms with E-state index in [1.54, 1.807) is 7.11 Å². The number of hydrogen-bond acceptors (Lipinski definition) is 4. The molecule has 0 aromatic heterocycles. The molecule has 4 heteroatoms. The summed E-state index contributed by atoms with van der Waals surface area (Å²) in [6.07, 6.45) is 1.11. The van der Waals surface area contributed by atoms with Gasteiger partial charge in [0.15, 0.2) is 0 Å². The number of ether oxygens (including phenoxy) is 2. The quantitative estimate of drug-likeness (QED) is 0.773. The summed E-state index contributed by atoms with van der Waals surface area (Å²) in [7, 11) is 1.64. The summed E-state index contributed by atoms with van der Waals surface area (Å²) in [5, 5.41) is 10.9. The van der Waals surface area contributed by atoms with Crippen molar-refractivity contribution in [1.29, 1.82) is 0 Å². The second-order valence-corrected chi connectivity index (χ2v) is 7.09. The Kier molecular flexibility index (Phi) is 2.78. The Hall–Kier alpha value is -0.610. The zero-order chi connectivity index (χ0) is 14.0. The van der Waals surface area contributed by atoms with Crippen molar-refractivity contribution in [2.75, 3.05) is 13.7 Å². The standard InChI is InChI=1S/C15H24O4/c1-8(2)15-6-5-14(3,12(18-4)11(15)16)10-9(15)7-19-13(10)17/h8-12,16H,5-7H2,1-4H3. The number of carbonyl (C=O) groups excluding carboxylic acids is 1. The highest BCUT2D eigenvalue weighted by Crippen LogP contribution is 2.67. The third kappa shape index (κ3) is 1.34. The molecule has 1 aliphatic heterocycles. The number of carbonyl (C=O) groups is 1. The fourth-order valence-corrected chi connectivity index (χ4v) is 5.33. The SMILES string of the molecule is COC1C(O)C2(C(C)C)CCC1(C)C1C(=O)OCC12. The molecule has 1 heterocycles. The lowest BCUT2D eigenvalue weighted by Gasteiger charge is -2.64. The minimum absolute atomic E-state index is 0.0915. The van der Waals surface area contributed by atoms with E-state index in [0.717, 1.165) is 12.8 Å². The van der Waals surface area contributed by atoms with Crippen LogP contribution < -0.4 is 0 Å². The smallest absolute Gasteiger partial charge is 0.310 e. The van der Waals surface area contributed by atoms with Crippen LogP contribution in [0.2, 0.25) is 0 Å². The second-order valence-electron chi connectivity index (χ2n) is 7.09. The van der Waals surface area contributed by atoms with Gasteiger partial charge < -0.3 is 14.6 Å². The van der Waals surface area contributed by atoms with Crippen molar-refractivity contribution >= 4 is 5.97 Å². The molecule has 6 atom stereocenters. The van der Waals surface area contributed by atoms with E-state index in [1.807, 2.05) is 0 Å². The highest BCUT2D eigenvalue weighted by atomic mass is 16.5. The minimum Gasteiger partial charge on any atom is -0.465 e. The maximum Gasteiger partial charge on any atom is 0.310 e. The molecular formula is C15H24O4. The predicted octanol–water partition coefficient (Wildman–Crippen LogP) is 1.61. The lowest BCUT2D eigenvalue weighted by molar-refractivity contribution is -0.260. The van der Waals surface area contributed by atoms with Crippen LogP contribution in [0.3, 0.4) is 0 Å². The summed E-state index contributed by atoms with van der Waals surface area (Å²) in [6, 6.07) is 0. The van der Waals surface area contributed by atoms with Gasteiger partial charge in [0.25, 0.3) is 0 Å². The Bertz CT molecular complexity index is 407. The molecule has 0 aromatic rings. The number of aliphatic hydroxyl groups is 1. The van der Waals surface area contributed by atoms with Crippen molar-refractivity contribution in [3.8, 4) is 0 Å². The summed E-state index contributed by atoms with van der Waals surface area (Å²) >= 11 is 0. The first-order valence-electron chi connectivity index (χ1n) is 7.27. The molecular weight excluding hydrogens is 244 g/mol. The predicted molar refractivity (Wildman–Crippen MR) is 69.4 cm³/mol. The molecule has 1 saturated heterocycles. The van der Waals surface area contributed by atoms with Crippen LogP contribution in [0.1, 0.15) is 33.6 Å². The lowest BCUT2D eigenvalue weighted by atomic mass is 9.41. The third-order valence-electron chi connectivity index (χ3n) is 6.38. The summed E-state index contributed by atoms with van der Waals surface area (Å²) in [4.78, 5) is 12.2. The third-order valence-corrected chi connectivity index (χ3v) is 6.38. The van der Waals surface area contributed by atoms with Crippen LogP contribution in [-0.2, 0) is 14.3 Å². The van der Waals surface area contributed by atoms with E-state index < -0.39 is 6.10 Å². The number of esters is 1. The van der Waals surface area contributed by atoms with Gasteiger partial charge in [-0.2, -0.15) is 0 Å². The van der Waals surface area contributed by atoms with Crippen LogP contribution in [-0.4, -0.2) is 37.0 Å². The van der Waals surface area contributed by atoms with Gasteiger partial charge in [-0.15, -0.1) is 0 Å². The van der Waals surface area contributed by atoms with Crippen LogP contribution in [0, 0.1) is 28.6 Å². The second kappa shape index (κ2) is 3.95. The number of methoxy groups -OCH3 is 1. The Morgan fingerprint density at radius 1 is 1.42 bits per heavy atom. The molecule has 0 aromatic carbocycles. The first-order valence-corrected chi connectivity index (χ1v) is 7.27. The van der Waals surface area contributed by atoms with Gasteiger partial charge in [-0.3, -0.25) is 4.79 Å². The van der Waals surface area contributed by atoms with E-state index in [4.69, 9.17) is 9.47 Å². The summed E-state index contributed by atoms with van der Waals surface area (Å²) in [5.74, 6) is 0.246. The number of hydrogen-bond donors (Lipinski definition) is 1. The summed E-state index contributed by atoms with van der Waals surface area (Å²) in [6.45, 7) is 6.83. The molecule has 108 valence electrons. The fourth-order valence-electron chi connectivity index (χ4n) is 5.33. The molecule has 4 aliphatic rings. The average molecular weight is 268 g/mol.